The van der Waals surface area contributed by atoms with E-state index in [9.17, 15) is 0 Å². The van der Waals surface area contributed by atoms with Crippen molar-refractivity contribution in [3.05, 3.63) is 30.6 Å². The molecule has 47 heavy (non-hydrogen) atoms. The van der Waals surface area contributed by atoms with Crippen molar-refractivity contribution in [2.75, 3.05) is 13.2 Å². The third kappa shape index (κ3) is 31.8. The van der Waals surface area contributed by atoms with Crippen molar-refractivity contribution >= 4 is 29.1 Å². The predicted molar refractivity (Wildman–Crippen MR) is 215 cm³/mol. The van der Waals surface area contributed by atoms with Crippen molar-refractivity contribution in [1.82, 2.24) is 0 Å². The molecule has 0 radical (unpaired) electrons. The summed E-state index contributed by atoms with van der Waals surface area (Å²) < 4.78 is 14.7. The van der Waals surface area contributed by atoms with Crippen LogP contribution in [0.3, 0.4) is 0 Å². The summed E-state index contributed by atoms with van der Waals surface area (Å²) in [6, 6.07) is 6.12. The number of pyridine rings is 1. The van der Waals surface area contributed by atoms with E-state index in [2.05, 4.69) is 17.8 Å². The van der Waals surface area contributed by atoms with Crippen LogP contribution in [0.15, 0.2) is 30.6 Å². The monoisotopic (exact) mass is 713 g/mol. The van der Waals surface area contributed by atoms with Gasteiger partial charge >= 0.3 is 5.69 Å². The molecule has 1 rings (SSSR count). The van der Waals surface area contributed by atoms with Crippen LogP contribution in [0.2, 0.25) is 0 Å². The minimum Gasteiger partial charge on any atom is -0.318 e. The molecule has 1 heterocycles. The Labute approximate surface area is 304 Å². The van der Waals surface area contributed by atoms with E-state index in [1.165, 1.54) is 193 Å². The second-order valence-electron chi connectivity index (χ2n) is 14.0. The van der Waals surface area contributed by atoms with Crippen LogP contribution in [0, 0.1) is 0 Å². The van der Waals surface area contributed by atoms with Gasteiger partial charge in [-0.15, -0.1) is 3.97 Å². The van der Waals surface area contributed by atoms with Crippen LogP contribution in [0.25, 0.3) is 0 Å². The van der Waals surface area contributed by atoms with E-state index in [1.54, 1.807) is 11.6 Å². The van der Waals surface area contributed by atoms with Crippen molar-refractivity contribution in [3.63, 3.8) is 0 Å². The van der Waals surface area contributed by atoms with Crippen molar-refractivity contribution in [3.8, 4) is 0 Å². The molecule has 0 atom stereocenters. The summed E-state index contributed by atoms with van der Waals surface area (Å²) in [4.78, 5) is 0. The Morgan fingerprint density at radius 1 is 0.404 bits per heavy atom. The van der Waals surface area contributed by atoms with E-state index >= 15 is 0 Å². The summed E-state index contributed by atoms with van der Waals surface area (Å²) in [6.45, 7) is 6.03. The van der Waals surface area contributed by atoms with Crippen LogP contribution in [0.1, 0.15) is 219 Å². The molecule has 0 fully saturated rings. The van der Waals surface area contributed by atoms with Gasteiger partial charge in [0.2, 0.25) is 0 Å². The van der Waals surface area contributed by atoms with Crippen molar-refractivity contribution in [2.45, 2.75) is 219 Å². The highest BCUT2D eigenvalue weighted by atomic mass is 32.9. The first-order chi connectivity index (χ1) is 23.2. The summed E-state index contributed by atoms with van der Waals surface area (Å²) in [5, 5.41) is 0. The van der Waals surface area contributed by atoms with Crippen LogP contribution < -0.4 is 3.97 Å². The van der Waals surface area contributed by atoms with Gasteiger partial charge in [-0.3, -0.25) is 0 Å². The maximum absolute atomic E-state index is 6.33. The summed E-state index contributed by atoms with van der Waals surface area (Å²) in [5.41, 5.74) is -2.41. The van der Waals surface area contributed by atoms with Gasteiger partial charge in [-0.25, -0.2) is 0 Å². The Balaban J connectivity index is 2.04. The largest absolute Gasteiger partial charge is 0.318 e. The number of aromatic nitrogens is 1. The lowest BCUT2D eigenvalue weighted by Gasteiger charge is -2.17. The van der Waals surface area contributed by atoms with E-state index in [1.807, 2.05) is 30.6 Å². The highest BCUT2D eigenvalue weighted by molar-refractivity contribution is 8.65. The second kappa shape index (κ2) is 35.9. The molecule has 0 saturated heterocycles. The SMILES string of the molecule is CCCCCCCCCCCCCCCCCCOP(=S)(OCCCCCCCCCCCCCCCCCC)S[n+]1ccccc1. The average molecular weight is 713 g/mol. The molecule has 0 unspecified atom stereocenters. The first-order valence-corrected chi connectivity index (χ1v) is 24.8. The van der Waals surface area contributed by atoms with Gasteiger partial charge < -0.3 is 9.05 Å². The molecule has 0 aliphatic rings. The lowest BCUT2D eigenvalue weighted by molar-refractivity contribution is -0.491. The minimum absolute atomic E-state index is 0.717. The molecule has 1 aromatic rings. The Kier molecular flexibility index (Phi) is 34.4. The molecule has 1 aromatic heterocycles. The van der Waals surface area contributed by atoms with Gasteiger partial charge in [0.1, 0.15) is 0 Å². The maximum Gasteiger partial charge on any atom is 0.317 e. The Morgan fingerprint density at radius 2 is 0.660 bits per heavy atom. The van der Waals surface area contributed by atoms with Gasteiger partial charge in [0, 0.05) is 12.1 Å². The fraction of sp³-hybridized carbons (Fsp3) is 0.878. The van der Waals surface area contributed by atoms with Gasteiger partial charge in [0.05, 0.1) is 13.2 Å². The molecule has 0 spiro atoms. The fourth-order valence-corrected chi connectivity index (χ4v) is 10.5. The standard InChI is InChI=1S/C41H79NO2PS2/c1-3-5-7-9-11-13-15-17-19-21-23-25-27-29-31-36-40-43-45(46,47-42-38-34-33-35-39-42)44-41-37-32-30-28-26-24-22-20-18-16-14-12-10-8-6-4-2/h33-35,38-39H,3-32,36-37,40-41H2,1-2H3/q+1. The van der Waals surface area contributed by atoms with Crippen LogP contribution in [-0.2, 0) is 20.9 Å². The van der Waals surface area contributed by atoms with Crippen molar-refractivity contribution in [1.29, 1.82) is 0 Å². The third-order valence-electron chi connectivity index (χ3n) is 9.38. The van der Waals surface area contributed by atoms with E-state index in [-0.39, 0.29) is 0 Å². The van der Waals surface area contributed by atoms with E-state index in [0.717, 1.165) is 26.1 Å². The number of unbranched alkanes of at least 4 members (excludes halogenated alkanes) is 30. The smallest absolute Gasteiger partial charge is 0.317 e. The first-order valence-electron chi connectivity index (χ1n) is 20.8. The lowest BCUT2D eigenvalue weighted by Crippen LogP contribution is -2.23. The van der Waals surface area contributed by atoms with E-state index in [0.29, 0.717) is 0 Å². The van der Waals surface area contributed by atoms with Crippen LogP contribution in [0.4, 0.5) is 0 Å². The molecule has 0 N–H and O–H groups in total. The van der Waals surface area contributed by atoms with Gasteiger partial charge in [0.15, 0.2) is 12.4 Å². The lowest BCUT2D eigenvalue weighted by atomic mass is 10.0. The van der Waals surface area contributed by atoms with Crippen LogP contribution in [0.5, 0.6) is 0 Å². The summed E-state index contributed by atoms with van der Waals surface area (Å²) in [7, 11) is 0. The Hall–Kier alpha value is 0.0700. The molecule has 3 nitrogen and oxygen atoms in total. The molecule has 0 aliphatic heterocycles. The van der Waals surface area contributed by atoms with Gasteiger partial charge in [-0.05, 0) is 24.6 Å². The molecule has 276 valence electrons. The number of rotatable bonds is 38. The van der Waals surface area contributed by atoms with Crippen LogP contribution >= 0.6 is 17.3 Å². The average Bonchev–Trinajstić information content (AvgIpc) is 3.08. The molecule has 0 amide bonds. The molecule has 0 bridgehead atoms. The van der Waals surface area contributed by atoms with Gasteiger partial charge in [-0.2, -0.15) is 0 Å². The van der Waals surface area contributed by atoms with E-state index < -0.39 is 5.69 Å². The summed E-state index contributed by atoms with van der Waals surface area (Å²) in [5.74, 6) is 0. The third-order valence-corrected chi connectivity index (χ3v) is 14.0. The minimum atomic E-state index is -2.41. The van der Waals surface area contributed by atoms with Crippen LogP contribution in [-0.4, -0.2) is 13.2 Å². The first kappa shape index (κ1) is 45.1. The molecular formula is C41H79NO2PS2+. The molecule has 0 saturated carbocycles. The quantitative estimate of drug-likeness (QED) is 0.0387. The zero-order chi connectivity index (χ0) is 33.8. The highest BCUT2D eigenvalue weighted by Crippen LogP contribution is 2.59. The van der Waals surface area contributed by atoms with Crippen molar-refractivity contribution in [2.24, 2.45) is 0 Å². The molecule has 0 aromatic carbocycles. The predicted octanol–water partition coefficient (Wildman–Crippen LogP) is 15.3. The van der Waals surface area contributed by atoms with Gasteiger partial charge in [-0.1, -0.05) is 213 Å². The second-order valence-corrected chi connectivity index (χ2v) is 20.1. The zero-order valence-electron chi connectivity index (χ0n) is 31.5. The number of hydrogen-bond acceptors (Lipinski definition) is 4. The topological polar surface area (TPSA) is 22.3 Å². The normalized spacial score (nSPS) is 11.9. The molecule has 0 aliphatic carbocycles. The number of nitrogens with zero attached hydrogens (tertiary/aromatic N) is 1. The highest BCUT2D eigenvalue weighted by Gasteiger charge is 2.28. The Bertz CT molecular complexity index is 755. The molecule has 6 heteroatoms. The molecular weight excluding hydrogens is 634 g/mol. The van der Waals surface area contributed by atoms with Crippen molar-refractivity contribution < 1.29 is 13.0 Å². The number of hydrogen-bond donors (Lipinski definition) is 0. The summed E-state index contributed by atoms with van der Waals surface area (Å²) in [6.07, 6.45) is 48.3. The maximum atomic E-state index is 6.33. The zero-order valence-corrected chi connectivity index (χ0v) is 34.0. The fourth-order valence-electron chi connectivity index (χ4n) is 6.29. The Morgan fingerprint density at radius 3 is 0.936 bits per heavy atom. The van der Waals surface area contributed by atoms with E-state index in [4.69, 9.17) is 20.9 Å². The van der Waals surface area contributed by atoms with Gasteiger partial charge in [0.25, 0.3) is 11.6 Å². The summed E-state index contributed by atoms with van der Waals surface area (Å²) >= 11 is 7.58.